The van der Waals surface area contributed by atoms with Crippen molar-refractivity contribution in [2.75, 3.05) is 13.1 Å². The third-order valence-corrected chi connectivity index (χ3v) is 2.61. The predicted molar refractivity (Wildman–Crippen MR) is 75.8 cm³/mol. The smallest absolute Gasteiger partial charge is 0.241 e. The molecule has 102 valence electrons. The Balaban J connectivity index is 0.00000144. The Bertz CT molecular complexity index is 357. The highest BCUT2D eigenvalue weighted by Crippen LogP contribution is 2.09. The lowest BCUT2D eigenvalue weighted by Crippen LogP contribution is -2.43. The van der Waals surface area contributed by atoms with Crippen molar-refractivity contribution in [1.82, 2.24) is 16.2 Å². The van der Waals surface area contributed by atoms with Crippen LogP contribution in [-0.4, -0.2) is 25.0 Å². The van der Waals surface area contributed by atoms with Gasteiger partial charge in [0.1, 0.15) is 6.04 Å². The van der Waals surface area contributed by atoms with Gasteiger partial charge in [-0.1, -0.05) is 30.3 Å². The number of halogens is 2. The molecule has 1 aromatic carbocycles. The normalized spacial score (nSPS) is 16.3. The highest BCUT2D eigenvalue weighted by Gasteiger charge is 2.21. The first-order chi connectivity index (χ1) is 7.77. The molecule has 0 aromatic heterocycles. The van der Waals surface area contributed by atoms with E-state index in [1.54, 1.807) is 0 Å². The van der Waals surface area contributed by atoms with Crippen molar-refractivity contribution in [2.45, 2.75) is 12.1 Å². The topological polar surface area (TPSA) is 79.2 Å². The van der Waals surface area contributed by atoms with Crippen LogP contribution in [0.3, 0.4) is 0 Å². The van der Waals surface area contributed by atoms with Crippen LogP contribution in [0, 0.1) is 0 Å². The average molecular weight is 293 g/mol. The summed E-state index contributed by atoms with van der Waals surface area (Å²) >= 11 is 0. The zero-order valence-electron chi connectivity index (χ0n) is 9.76. The summed E-state index contributed by atoms with van der Waals surface area (Å²) in [5.41, 5.74) is 12.6. The molecule has 1 aromatic rings. The minimum Gasteiger partial charge on any atom is -0.349 e. The van der Waals surface area contributed by atoms with E-state index in [1.807, 2.05) is 30.3 Å². The maximum absolute atomic E-state index is 11.8. The summed E-state index contributed by atoms with van der Waals surface area (Å²) in [5.74, 6) is -0.137. The van der Waals surface area contributed by atoms with Gasteiger partial charge in [0.15, 0.2) is 0 Å². The van der Waals surface area contributed by atoms with E-state index in [1.165, 1.54) is 0 Å². The van der Waals surface area contributed by atoms with Gasteiger partial charge in [0, 0.05) is 13.1 Å². The first kappa shape index (κ1) is 17.2. The lowest BCUT2D eigenvalue weighted by molar-refractivity contribution is -0.123. The zero-order chi connectivity index (χ0) is 11.4. The Morgan fingerprint density at radius 1 is 1.22 bits per heavy atom. The summed E-state index contributed by atoms with van der Waals surface area (Å²) < 4.78 is 0. The van der Waals surface area contributed by atoms with Gasteiger partial charge in [0.2, 0.25) is 5.91 Å². The molecule has 18 heavy (non-hydrogen) atoms. The minimum absolute atomic E-state index is 0. The van der Waals surface area contributed by atoms with Crippen molar-refractivity contribution in [3.8, 4) is 0 Å². The van der Waals surface area contributed by atoms with Gasteiger partial charge in [-0.05, 0) is 5.56 Å². The van der Waals surface area contributed by atoms with Crippen LogP contribution in [-0.2, 0) is 4.79 Å². The van der Waals surface area contributed by atoms with E-state index in [0.717, 1.165) is 18.7 Å². The third kappa shape index (κ3) is 4.44. The van der Waals surface area contributed by atoms with Crippen molar-refractivity contribution in [3.05, 3.63) is 35.9 Å². The second-order valence-corrected chi connectivity index (χ2v) is 3.86. The number of amides is 1. The number of carbonyl (C=O) groups excluding carboxylic acids is 1. The Morgan fingerprint density at radius 3 is 2.33 bits per heavy atom. The van der Waals surface area contributed by atoms with Crippen molar-refractivity contribution < 1.29 is 4.79 Å². The molecule has 1 unspecified atom stereocenters. The molecule has 7 heteroatoms. The standard InChI is InChI=1S/C11H16N4O.2ClH/c12-10(8-4-2-1-3-5-8)11(16)15-9-6-13-14-7-9;;/h1-5,9-10,13-14H,6-7,12H2,(H,15,16);2*1H. The minimum atomic E-state index is -0.596. The Morgan fingerprint density at radius 2 is 1.78 bits per heavy atom. The number of rotatable bonds is 3. The maximum Gasteiger partial charge on any atom is 0.241 e. The molecule has 1 heterocycles. The molecule has 5 N–H and O–H groups in total. The second kappa shape index (κ2) is 8.29. The molecule has 1 fully saturated rings. The maximum atomic E-state index is 11.8. The summed E-state index contributed by atoms with van der Waals surface area (Å²) in [5, 5.41) is 2.89. The largest absolute Gasteiger partial charge is 0.349 e. The highest BCUT2D eigenvalue weighted by atomic mass is 35.5. The van der Waals surface area contributed by atoms with Crippen LogP contribution >= 0.6 is 24.8 Å². The van der Waals surface area contributed by atoms with E-state index >= 15 is 0 Å². The van der Waals surface area contributed by atoms with Gasteiger partial charge in [-0.25, -0.2) is 0 Å². The monoisotopic (exact) mass is 292 g/mol. The van der Waals surface area contributed by atoms with Crippen LogP contribution in [0.15, 0.2) is 30.3 Å². The van der Waals surface area contributed by atoms with Crippen LogP contribution in [0.2, 0.25) is 0 Å². The van der Waals surface area contributed by atoms with E-state index in [2.05, 4.69) is 16.2 Å². The van der Waals surface area contributed by atoms with Crippen LogP contribution in [0.5, 0.6) is 0 Å². The van der Waals surface area contributed by atoms with E-state index in [9.17, 15) is 4.79 Å². The van der Waals surface area contributed by atoms with Gasteiger partial charge < -0.3 is 11.1 Å². The van der Waals surface area contributed by atoms with E-state index in [-0.39, 0.29) is 36.8 Å². The molecule has 5 nitrogen and oxygen atoms in total. The molecule has 0 saturated carbocycles. The molecule has 0 bridgehead atoms. The molecule has 1 aliphatic heterocycles. The first-order valence-electron chi connectivity index (χ1n) is 5.34. The Kier molecular flexibility index (Phi) is 7.90. The fourth-order valence-electron chi connectivity index (χ4n) is 1.67. The molecule has 2 rings (SSSR count). The van der Waals surface area contributed by atoms with Crippen molar-refractivity contribution in [2.24, 2.45) is 5.73 Å². The van der Waals surface area contributed by atoms with Crippen molar-refractivity contribution >= 4 is 30.7 Å². The van der Waals surface area contributed by atoms with Crippen molar-refractivity contribution in [1.29, 1.82) is 0 Å². The Hall–Kier alpha value is -0.850. The van der Waals surface area contributed by atoms with Crippen LogP contribution in [0.1, 0.15) is 11.6 Å². The van der Waals surface area contributed by atoms with Gasteiger partial charge in [0.25, 0.3) is 0 Å². The first-order valence-corrected chi connectivity index (χ1v) is 5.34. The van der Waals surface area contributed by atoms with E-state index in [4.69, 9.17) is 5.73 Å². The summed E-state index contributed by atoms with van der Waals surface area (Å²) in [4.78, 5) is 11.8. The molecule has 1 aliphatic rings. The number of carbonyl (C=O) groups is 1. The van der Waals surface area contributed by atoms with Gasteiger partial charge in [-0.2, -0.15) is 0 Å². The lowest BCUT2D eigenvalue weighted by Gasteiger charge is -2.15. The fraction of sp³-hybridized carbons (Fsp3) is 0.364. The van der Waals surface area contributed by atoms with E-state index < -0.39 is 6.04 Å². The second-order valence-electron chi connectivity index (χ2n) is 3.86. The van der Waals surface area contributed by atoms with Crippen LogP contribution in [0.25, 0.3) is 0 Å². The van der Waals surface area contributed by atoms with Gasteiger partial charge in [-0.15, -0.1) is 24.8 Å². The molecular formula is C11H18Cl2N4O. The number of hydrogen-bond acceptors (Lipinski definition) is 4. The molecule has 0 radical (unpaired) electrons. The summed E-state index contributed by atoms with van der Waals surface area (Å²) in [7, 11) is 0. The fourth-order valence-corrected chi connectivity index (χ4v) is 1.67. The number of nitrogens with two attached hydrogens (primary N) is 1. The SMILES string of the molecule is Cl.Cl.NC(C(=O)NC1CNNC1)c1ccccc1. The Labute approximate surface area is 119 Å². The number of hydrogen-bond donors (Lipinski definition) is 4. The molecule has 1 amide bonds. The molecule has 0 spiro atoms. The zero-order valence-corrected chi connectivity index (χ0v) is 11.4. The molecular weight excluding hydrogens is 275 g/mol. The lowest BCUT2D eigenvalue weighted by atomic mass is 10.1. The highest BCUT2D eigenvalue weighted by molar-refractivity contribution is 5.85. The molecule has 0 aliphatic carbocycles. The van der Waals surface area contributed by atoms with Gasteiger partial charge in [-0.3, -0.25) is 15.6 Å². The number of hydrazine groups is 1. The third-order valence-electron chi connectivity index (χ3n) is 2.61. The quantitative estimate of drug-likeness (QED) is 0.638. The summed E-state index contributed by atoms with van der Waals surface area (Å²) in [6.07, 6.45) is 0. The number of nitrogens with one attached hydrogen (secondary N) is 3. The van der Waals surface area contributed by atoms with Crippen LogP contribution < -0.4 is 21.9 Å². The molecule has 1 atom stereocenters. The predicted octanol–water partition coefficient (Wildman–Crippen LogP) is 0.123. The van der Waals surface area contributed by atoms with Gasteiger partial charge in [0.05, 0.1) is 6.04 Å². The van der Waals surface area contributed by atoms with Crippen molar-refractivity contribution in [3.63, 3.8) is 0 Å². The van der Waals surface area contributed by atoms with Gasteiger partial charge >= 0.3 is 0 Å². The molecule has 1 saturated heterocycles. The average Bonchev–Trinajstić information content (AvgIpc) is 2.82. The summed E-state index contributed by atoms with van der Waals surface area (Å²) in [6.45, 7) is 1.46. The van der Waals surface area contributed by atoms with Crippen LogP contribution in [0.4, 0.5) is 0 Å². The summed E-state index contributed by atoms with van der Waals surface area (Å²) in [6, 6.07) is 8.88. The van der Waals surface area contributed by atoms with E-state index in [0.29, 0.717) is 0 Å². The number of benzene rings is 1.